The number of carbonyl (C=O) groups is 1. The van der Waals surface area contributed by atoms with Gasteiger partial charge in [-0.2, -0.15) is 4.31 Å². The quantitative estimate of drug-likeness (QED) is 0.692. The van der Waals surface area contributed by atoms with Crippen molar-refractivity contribution < 1.29 is 22.7 Å². The highest BCUT2D eigenvalue weighted by Crippen LogP contribution is 2.29. The number of nitrogens with one attached hydrogen (secondary N) is 1. The van der Waals surface area contributed by atoms with Crippen molar-refractivity contribution in [2.24, 2.45) is 0 Å². The molecule has 1 aliphatic heterocycles. The number of carbonyl (C=O) groups excluding carboxylic acids is 1. The number of ether oxygens (including phenoxy) is 2. The summed E-state index contributed by atoms with van der Waals surface area (Å²) in [6.45, 7) is 1.73. The topological polar surface area (TPSA) is 88.2 Å². The lowest BCUT2D eigenvalue weighted by Gasteiger charge is -2.33. The van der Waals surface area contributed by atoms with Gasteiger partial charge in [0.1, 0.15) is 0 Å². The van der Waals surface area contributed by atoms with E-state index in [-0.39, 0.29) is 17.3 Å². The van der Waals surface area contributed by atoms with Gasteiger partial charge in [-0.3, -0.25) is 9.69 Å². The van der Waals surface area contributed by atoms with E-state index in [4.69, 9.17) is 21.1 Å². The van der Waals surface area contributed by atoms with E-state index in [0.29, 0.717) is 48.4 Å². The number of anilines is 1. The number of hydrogen-bond acceptors (Lipinski definition) is 6. The first-order valence-electron chi connectivity index (χ1n) is 9.33. The molecule has 1 fully saturated rings. The SMILES string of the molecule is COc1ccc(NC(=O)CN2CCN(S(=O)(=O)c3ccc(Cl)cc3)CC2)cc1OC. The summed E-state index contributed by atoms with van der Waals surface area (Å²) in [4.78, 5) is 14.5. The molecule has 0 aromatic heterocycles. The first kappa shape index (κ1) is 22.4. The number of halogens is 1. The third-order valence-corrected chi connectivity index (χ3v) is 6.98. The van der Waals surface area contributed by atoms with E-state index >= 15 is 0 Å². The second kappa shape index (κ2) is 9.65. The number of benzene rings is 2. The summed E-state index contributed by atoms with van der Waals surface area (Å²) in [6, 6.07) is 11.3. The van der Waals surface area contributed by atoms with Gasteiger partial charge in [0, 0.05) is 43.0 Å². The summed E-state index contributed by atoms with van der Waals surface area (Å²) in [7, 11) is -0.499. The molecule has 8 nitrogen and oxygen atoms in total. The monoisotopic (exact) mass is 453 g/mol. The third kappa shape index (κ3) is 5.23. The van der Waals surface area contributed by atoms with Gasteiger partial charge in [-0.25, -0.2) is 8.42 Å². The molecule has 2 aromatic rings. The Hall–Kier alpha value is -2.33. The number of methoxy groups -OCH3 is 2. The van der Waals surface area contributed by atoms with Crippen molar-refractivity contribution in [3.63, 3.8) is 0 Å². The lowest BCUT2D eigenvalue weighted by atomic mass is 10.2. The van der Waals surface area contributed by atoms with Crippen LogP contribution in [0.5, 0.6) is 11.5 Å². The second-order valence-electron chi connectivity index (χ2n) is 6.75. The second-order valence-corrected chi connectivity index (χ2v) is 9.13. The average molecular weight is 454 g/mol. The van der Waals surface area contributed by atoms with Crippen LogP contribution in [-0.4, -0.2) is 70.5 Å². The summed E-state index contributed by atoms with van der Waals surface area (Å²) in [5, 5.41) is 3.31. The van der Waals surface area contributed by atoms with Gasteiger partial charge in [0.2, 0.25) is 15.9 Å². The molecule has 162 valence electrons. The number of amides is 1. The Bertz CT molecular complexity index is 990. The van der Waals surface area contributed by atoms with Crippen LogP contribution in [0.3, 0.4) is 0 Å². The Balaban J connectivity index is 1.54. The van der Waals surface area contributed by atoms with E-state index in [1.165, 1.54) is 23.5 Å². The Labute approximate surface area is 181 Å². The van der Waals surface area contributed by atoms with Crippen molar-refractivity contribution in [3.05, 3.63) is 47.5 Å². The van der Waals surface area contributed by atoms with Crippen LogP contribution in [0.25, 0.3) is 0 Å². The number of piperazine rings is 1. The molecule has 2 aromatic carbocycles. The Morgan fingerprint density at radius 1 is 1.00 bits per heavy atom. The first-order valence-corrected chi connectivity index (χ1v) is 11.2. The highest BCUT2D eigenvalue weighted by molar-refractivity contribution is 7.89. The van der Waals surface area contributed by atoms with Crippen molar-refractivity contribution >= 4 is 33.2 Å². The van der Waals surface area contributed by atoms with E-state index in [2.05, 4.69) is 5.32 Å². The van der Waals surface area contributed by atoms with Crippen LogP contribution < -0.4 is 14.8 Å². The van der Waals surface area contributed by atoms with E-state index in [0.717, 1.165) is 0 Å². The van der Waals surface area contributed by atoms with Crippen LogP contribution in [0, 0.1) is 0 Å². The minimum absolute atomic E-state index is 0.170. The van der Waals surface area contributed by atoms with Crippen LogP contribution in [0.4, 0.5) is 5.69 Å². The highest BCUT2D eigenvalue weighted by atomic mass is 35.5. The fourth-order valence-electron chi connectivity index (χ4n) is 3.20. The molecule has 1 aliphatic rings. The van der Waals surface area contributed by atoms with Crippen molar-refractivity contribution in [1.82, 2.24) is 9.21 Å². The molecule has 0 bridgehead atoms. The third-order valence-electron chi connectivity index (χ3n) is 4.82. The largest absolute Gasteiger partial charge is 0.493 e. The minimum Gasteiger partial charge on any atom is -0.493 e. The molecule has 30 heavy (non-hydrogen) atoms. The predicted molar refractivity (Wildman–Crippen MR) is 115 cm³/mol. The number of hydrogen-bond donors (Lipinski definition) is 1. The fourth-order valence-corrected chi connectivity index (χ4v) is 4.75. The summed E-state index contributed by atoms with van der Waals surface area (Å²) >= 11 is 5.84. The predicted octanol–water partition coefficient (Wildman–Crippen LogP) is 2.30. The maximum absolute atomic E-state index is 12.7. The Kier molecular flexibility index (Phi) is 7.19. The number of rotatable bonds is 7. The van der Waals surface area contributed by atoms with Crippen molar-refractivity contribution in [2.75, 3.05) is 52.3 Å². The molecule has 1 saturated heterocycles. The van der Waals surface area contributed by atoms with Crippen LogP contribution >= 0.6 is 11.6 Å². The first-order chi connectivity index (χ1) is 14.3. The van der Waals surface area contributed by atoms with E-state index in [9.17, 15) is 13.2 Å². The highest BCUT2D eigenvalue weighted by Gasteiger charge is 2.29. The Morgan fingerprint density at radius 3 is 2.23 bits per heavy atom. The summed E-state index contributed by atoms with van der Waals surface area (Å²) in [5.74, 6) is 0.918. The van der Waals surface area contributed by atoms with Crippen molar-refractivity contribution in [1.29, 1.82) is 0 Å². The molecular formula is C20H24ClN3O5S. The molecule has 0 atom stereocenters. The van der Waals surface area contributed by atoms with Gasteiger partial charge in [-0.1, -0.05) is 11.6 Å². The Morgan fingerprint density at radius 2 is 1.63 bits per heavy atom. The molecule has 0 aliphatic carbocycles. The van der Waals surface area contributed by atoms with Crippen LogP contribution in [0.1, 0.15) is 0 Å². The average Bonchev–Trinajstić information content (AvgIpc) is 2.74. The smallest absolute Gasteiger partial charge is 0.243 e. The molecule has 0 radical (unpaired) electrons. The zero-order valence-electron chi connectivity index (χ0n) is 16.8. The summed E-state index contributed by atoms with van der Waals surface area (Å²) in [6.07, 6.45) is 0. The normalized spacial score (nSPS) is 15.6. The molecule has 1 heterocycles. The van der Waals surface area contributed by atoms with Crippen molar-refractivity contribution in [3.8, 4) is 11.5 Å². The number of sulfonamides is 1. The lowest BCUT2D eigenvalue weighted by molar-refractivity contribution is -0.117. The minimum atomic E-state index is -3.57. The molecule has 1 amide bonds. The van der Waals surface area contributed by atoms with E-state index in [1.807, 2.05) is 4.90 Å². The van der Waals surface area contributed by atoms with Gasteiger partial charge < -0.3 is 14.8 Å². The zero-order chi connectivity index (χ0) is 21.7. The summed E-state index contributed by atoms with van der Waals surface area (Å²) in [5.41, 5.74) is 0.599. The molecule has 1 N–H and O–H groups in total. The van der Waals surface area contributed by atoms with Crippen molar-refractivity contribution in [2.45, 2.75) is 4.90 Å². The maximum Gasteiger partial charge on any atom is 0.243 e. The van der Waals surface area contributed by atoms with Crippen LogP contribution in [0.15, 0.2) is 47.4 Å². The zero-order valence-corrected chi connectivity index (χ0v) is 18.4. The molecule has 10 heteroatoms. The van der Waals surface area contributed by atoms with Gasteiger partial charge >= 0.3 is 0 Å². The molecule has 3 rings (SSSR count). The molecular weight excluding hydrogens is 430 g/mol. The standard InChI is InChI=1S/C20H24ClN3O5S/c1-28-18-8-5-16(13-19(18)29-2)22-20(25)14-23-9-11-24(12-10-23)30(26,27)17-6-3-15(21)4-7-17/h3-8,13H,9-12,14H2,1-2H3,(H,22,25). The molecule has 0 saturated carbocycles. The van der Waals surface area contributed by atoms with Gasteiger partial charge in [-0.15, -0.1) is 0 Å². The van der Waals surface area contributed by atoms with E-state index in [1.54, 1.807) is 37.4 Å². The van der Waals surface area contributed by atoms with Gasteiger partial charge in [-0.05, 0) is 36.4 Å². The van der Waals surface area contributed by atoms with Gasteiger partial charge in [0.15, 0.2) is 11.5 Å². The van der Waals surface area contributed by atoms with Crippen LogP contribution in [0.2, 0.25) is 5.02 Å². The fraction of sp³-hybridized carbons (Fsp3) is 0.350. The van der Waals surface area contributed by atoms with Crippen LogP contribution in [-0.2, 0) is 14.8 Å². The molecule has 0 unspecified atom stereocenters. The lowest BCUT2D eigenvalue weighted by Crippen LogP contribution is -2.50. The number of nitrogens with zero attached hydrogens (tertiary/aromatic N) is 2. The molecule has 0 spiro atoms. The summed E-state index contributed by atoms with van der Waals surface area (Å²) < 4.78 is 37.3. The van der Waals surface area contributed by atoms with Gasteiger partial charge in [0.05, 0.1) is 25.7 Å². The van der Waals surface area contributed by atoms with Gasteiger partial charge in [0.25, 0.3) is 0 Å². The van der Waals surface area contributed by atoms with E-state index < -0.39 is 10.0 Å². The maximum atomic E-state index is 12.7.